The standard InChI is InChI=1S/C18H25N7O2S2/c1-11-6-5-7-24(10-11)16-19-14-13(15(26)23(4)18(27)22(14)3)25(16)8-9-28-17-21-20-12(2)29-17/h11H,5-10H2,1-4H3/t11-/m0/s1. The molecule has 9 nitrogen and oxygen atoms in total. The number of anilines is 1. The van der Waals surface area contributed by atoms with Crippen molar-refractivity contribution in [2.24, 2.45) is 20.0 Å². The van der Waals surface area contributed by atoms with E-state index < -0.39 is 0 Å². The summed E-state index contributed by atoms with van der Waals surface area (Å²) in [5.74, 6) is 2.09. The first-order valence-electron chi connectivity index (χ1n) is 9.71. The number of rotatable bonds is 5. The first-order chi connectivity index (χ1) is 13.9. The summed E-state index contributed by atoms with van der Waals surface area (Å²) in [6.45, 7) is 6.59. The number of aromatic nitrogens is 6. The molecule has 11 heteroatoms. The summed E-state index contributed by atoms with van der Waals surface area (Å²) in [4.78, 5) is 32.4. The highest BCUT2D eigenvalue weighted by Gasteiger charge is 2.25. The maximum Gasteiger partial charge on any atom is 0.332 e. The lowest BCUT2D eigenvalue weighted by Crippen LogP contribution is -2.38. The van der Waals surface area contributed by atoms with E-state index in [0.717, 1.165) is 45.1 Å². The predicted octanol–water partition coefficient (Wildman–Crippen LogP) is 1.62. The second-order valence-corrected chi connectivity index (χ2v) is 10.1. The second-order valence-electron chi connectivity index (χ2n) is 7.57. The zero-order valence-electron chi connectivity index (χ0n) is 17.1. The van der Waals surface area contributed by atoms with Crippen LogP contribution >= 0.6 is 23.1 Å². The third-order valence-electron chi connectivity index (χ3n) is 5.32. The fourth-order valence-corrected chi connectivity index (χ4v) is 5.63. The van der Waals surface area contributed by atoms with Crippen LogP contribution in [0.2, 0.25) is 0 Å². The van der Waals surface area contributed by atoms with Gasteiger partial charge in [0.15, 0.2) is 15.5 Å². The van der Waals surface area contributed by atoms with Crippen molar-refractivity contribution in [1.82, 2.24) is 28.9 Å². The molecular formula is C18H25N7O2S2. The fourth-order valence-electron chi connectivity index (χ4n) is 3.82. The van der Waals surface area contributed by atoms with Crippen LogP contribution in [0.4, 0.5) is 5.95 Å². The highest BCUT2D eigenvalue weighted by atomic mass is 32.2. The summed E-state index contributed by atoms with van der Waals surface area (Å²) < 4.78 is 5.52. The molecule has 1 fully saturated rings. The van der Waals surface area contributed by atoms with Crippen LogP contribution in [0.5, 0.6) is 0 Å². The van der Waals surface area contributed by atoms with Crippen molar-refractivity contribution in [2.75, 3.05) is 23.7 Å². The highest BCUT2D eigenvalue weighted by Crippen LogP contribution is 2.27. The number of aryl methyl sites for hydroxylation is 3. The number of thioether (sulfide) groups is 1. The number of fused-ring (bicyclic) bond motifs is 1. The molecule has 0 aromatic carbocycles. The van der Waals surface area contributed by atoms with Gasteiger partial charge in [0.25, 0.3) is 5.56 Å². The largest absolute Gasteiger partial charge is 0.342 e. The van der Waals surface area contributed by atoms with E-state index in [1.807, 2.05) is 11.5 Å². The molecule has 0 unspecified atom stereocenters. The molecule has 0 radical (unpaired) electrons. The van der Waals surface area contributed by atoms with Gasteiger partial charge in [0.2, 0.25) is 5.95 Å². The van der Waals surface area contributed by atoms with Crippen LogP contribution in [-0.2, 0) is 20.6 Å². The number of imidazole rings is 1. The Morgan fingerprint density at radius 1 is 1.21 bits per heavy atom. The first kappa shape index (κ1) is 20.1. The van der Waals surface area contributed by atoms with Gasteiger partial charge in [-0.15, -0.1) is 10.2 Å². The average Bonchev–Trinajstić information content (AvgIpc) is 3.28. The Labute approximate surface area is 176 Å². The van der Waals surface area contributed by atoms with Crippen molar-refractivity contribution in [2.45, 2.75) is 37.6 Å². The highest BCUT2D eigenvalue weighted by molar-refractivity contribution is 8.01. The summed E-state index contributed by atoms with van der Waals surface area (Å²) in [5.41, 5.74) is 0.271. The topological polar surface area (TPSA) is 90.8 Å². The third-order valence-corrected chi connectivity index (χ3v) is 7.27. The Morgan fingerprint density at radius 2 is 2.00 bits per heavy atom. The Morgan fingerprint density at radius 3 is 2.69 bits per heavy atom. The summed E-state index contributed by atoms with van der Waals surface area (Å²) in [7, 11) is 3.19. The van der Waals surface area contributed by atoms with Gasteiger partial charge < -0.3 is 9.47 Å². The van der Waals surface area contributed by atoms with E-state index in [1.54, 1.807) is 30.1 Å². The van der Waals surface area contributed by atoms with Crippen LogP contribution in [0.3, 0.4) is 0 Å². The molecule has 0 N–H and O–H groups in total. The lowest BCUT2D eigenvalue weighted by molar-refractivity contribution is 0.438. The summed E-state index contributed by atoms with van der Waals surface area (Å²) in [6, 6.07) is 0. The summed E-state index contributed by atoms with van der Waals surface area (Å²) in [6.07, 6.45) is 2.29. The molecule has 0 spiro atoms. The Balaban J connectivity index is 1.76. The van der Waals surface area contributed by atoms with Gasteiger partial charge in [0.1, 0.15) is 5.01 Å². The third kappa shape index (κ3) is 3.73. The molecule has 1 saturated heterocycles. The molecule has 1 aliphatic rings. The molecule has 3 aromatic rings. The van der Waals surface area contributed by atoms with Gasteiger partial charge in [-0.3, -0.25) is 13.9 Å². The Hall–Kier alpha value is -2.14. The molecule has 1 atom stereocenters. The van der Waals surface area contributed by atoms with E-state index in [-0.39, 0.29) is 11.2 Å². The molecular weight excluding hydrogens is 410 g/mol. The van der Waals surface area contributed by atoms with Crippen molar-refractivity contribution < 1.29 is 0 Å². The van der Waals surface area contributed by atoms with E-state index in [0.29, 0.717) is 23.6 Å². The Kier molecular flexibility index (Phi) is 5.52. The van der Waals surface area contributed by atoms with E-state index in [9.17, 15) is 9.59 Å². The molecule has 156 valence electrons. The van der Waals surface area contributed by atoms with Gasteiger partial charge in [-0.05, 0) is 25.7 Å². The lowest BCUT2D eigenvalue weighted by Gasteiger charge is -2.32. The Bertz CT molecular complexity index is 1160. The van der Waals surface area contributed by atoms with E-state index >= 15 is 0 Å². The molecule has 0 bridgehead atoms. The fraction of sp³-hybridized carbons (Fsp3) is 0.611. The molecule has 0 aliphatic carbocycles. The molecule has 4 heterocycles. The quantitative estimate of drug-likeness (QED) is 0.563. The normalized spacial score (nSPS) is 17.4. The SMILES string of the molecule is Cc1nnc(SCCn2c(N3CCC[C@H](C)C3)nc3c2c(=O)n(C)c(=O)n3C)s1. The van der Waals surface area contributed by atoms with Crippen molar-refractivity contribution in [3.8, 4) is 0 Å². The van der Waals surface area contributed by atoms with Crippen LogP contribution in [0.25, 0.3) is 11.2 Å². The van der Waals surface area contributed by atoms with Crippen LogP contribution in [0, 0.1) is 12.8 Å². The van der Waals surface area contributed by atoms with Crippen molar-refractivity contribution in [3.05, 3.63) is 25.8 Å². The average molecular weight is 436 g/mol. The number of piperidine rings is 1. The second kappa shape index (κ2) is 7.94. The van der Waals surface area contributed by atoms with Crippen molar-refractivity contribution in [3.63, 3.8) is 0 Å². The van der Waals surface area contributed by atoms with Crippen LogP contribution in [0.15, 0.2) is 13.9 Å². The van der Waals surface area contributed by atoms with Crippen LogP contribution in [0.1, 0.15) is 24.8 Å². The molecule has 29 heavy (non-hydrogen) atoms. The summed E-state index contributed by atoms with van der Waals surface area (Å²) in [5, 5.41) is 9.16. The van der Waals surface area contributed by atoms with Crippen LogP contribution < -0.4 is 16.1 Å². The number of nitrogens with zero attached hydrogens (tertiary/aromatic N) is 7. The van der Waals surface area contributed by atoms with Gasteiger partial charge in [0, 0.05) is 39.5 Å². The predicted molar refractivity (Wildman–Crippen MR) is 116 cm³/mol. The van der Waals surface area contributed by atoms with E-state index in [4.69, 9.17) is 4.98 Å². The molecule has 0 amide bonds. The van der Waals surface area contributed by atoms with Gasteiger partial charge in [-0.1, -0.05) is 30.0 Å². The van der Waals surface area contributed by atoms with Crippen molar-refractivity contribution in [1.29, 1.82) is 0 Å². The zero-order chi connectivity index (χ0) is 20.7. The van der Waals surface area contributed by atoms with Gasteiger partial charge in [-0.2, -0.15) is 4.98 Å². The summed E-state index contributed by atoms with van der Waals surface area (Å²) >= 11 is 3.19. The van der Waals surface area contributed by atoms with E-state index in [2.05, 4.69) is 22.0 Å². The lowest BCUT2D eigenvalue weighted by atomic mass is 10.0. The maximum absolute atomic E-state index is 13.0. The minimum Gasteiger partial charge on any atom is -0.342 e. The van der Waals surface area contributed by atoms with Crippen molar-refractivity contribution >= 4 is 40.2 Å². The monoisotopic (exact) mass is 435 g/mol. The number of hydrogen-bond donors (Lipinski definition) is 0. The molecule has 4 rings (SSSR count). The first-order valence-corrected chi connectivity index (χ1v) is 11.5. The molecule has 0 saturated carbocycles. The van der Waals surface area contributed by atoms with E-state index in [1.165, 1.54) is 18.0 Å². The molecule has 3 aromatic heterocycles. The van der Waals surface area contributed by atoms with Gasteiger partial charge in [-0.25, -0.2) is 4.79 Å². The minimum atomic E-state index is -0.357. The van der Waals surface area contributed by atoms with Gasteiger partial charge in [0.05, 0.1) is 0 Å². The maximum atomic E-state index is 13.0. The van der Waals surface area contributed by atoms with Crippen LogP contribution in [-0.4, -0.2) is 47.7 Å². The molecule has 1 aliphatic heterocycles. The van der Waals surface area contributed by atoms with Gasteiger partial charge >= 0.3 is 5.69 Å². The zero-order valence-corrected chi connectivity index (χ0v) is 18.7. The minimum absolute atomic E-state index is 0.302. The number of hydrogen-bond acceptors (Lipinski definition) is 8. The smallest absolute Gasteiger partial charge is 0.332 e.